The molecule has 0 spiro atoms. The molecular weight excluding hydrogens is 540 g/mol. The highest BCUT2D eigenvalue weighted by molar-refractivity contribution is 6.02. The number of fused-ring (bicyclic) bond motifs is 3. The SMILES string of the molecule is C=C1C(=O)OC2C1CCC(C)C1(O)C(=O)C=C(COC3OC(COC(=O)Cc4ccc(O)cc4)C(O)C(O)C3O)C21. The molecule has 3 fully saturated rings. The van der Waals surface area contributed by atoms with Gasteiger partial charge in [0.2, 0.25) is 0 Å². The summed E-state index contributed by atoms with van der Waals surface area (Å²) in [4.78, 5) is 37.6. The van der Waals surface area contributed by atoms with Crippen LogP contribution in [-0.2, 0) is 39.8 Å². The van der Waals surface area contributed by atoms with Gasteiger partial charge < -0.3 is 44.5 Å². The molecule has 4 aliphatic rings. The lowest BCUT2D eigenvalue weighted by molar-refractivity contribution is -0.300. The van der Waals surface area contributed by atoms with Crippen LogP contribution >= 0.6 is 0 Å². The Bertz CT molecular complexity index is 1240. The molecule has 5 N–H and O–H groups in total. The van der Waals surface area contributed by atoms with Crippen LogP contribution in [0.2, 0.25) is 0 Å². The molecule has 1 aromatic rings. The van der Waals surface area contributed by atoms with Crippen LogP contribution in [0.15, 0.2) is 48.1 Å². The predicted molar refractivity (Wildman–Crippen MR) is 138 cm³/mol. The van der Waals surface area contributed by atoms with E-state index in [2.05, 4.69) is 6.58 Å². The van der Waals surface area contributed by atoms with Gasteiger partial charge in [0.1, 0.15) is 48.5 Å². The van der Waals surface area contributed by atoms with Gasteiger partial charge in [-0.2, -0.15) is 0 Å². The molecule has 5 rings (SSSR count). The standard InChI is InChI=1S/C29H34O12/c1-13-3-8-18-14(2)27(36)41-26(18)22-16(10-20(31)29(13,22)37)11-39-28-25(35)24(34)23(33)19(40-28)12-38-21(32)9-15-4-6-17(30)7-5-15/h4-7,10,13,18-19,22-26,28,30,33-35,37H,2-3,8-9,11-12H2,1H3. The average Bonchev–Trinajstić information content (AvgIpc) is 3.32. The number of hydrogen-bond acceptors (Lipinski definition) is 12. The van der Waals surface area contributed by atoms with E-state index in [1.807, 2.05) is 0 Å². The molecule has 12 heteroatoms. The smallest absolute Gasteiger partial charge is 0.334 e. The Balaban J connectivity index is 1.25. The van der Waals surface area contributed by atoms with Crippen molar-refractivity contribution in [1.82, 2.24) is 0 Å². The number of hydrogen-bond donors (Lipinski definition) is 5. The minimum Gasteiger partial charge on any atom is -0.508 e. The number of esters is 2. The van der Waals surface area contributed by atoms with Crippen LogP contribution in [-0.4, -0.2) is 98.9 Å². The molecular formula is C29H34O12. The first-order chi connectivity index (χ1) is 19.4. The van der Waals surface area contributed by atoms with Gasteiger partial charge in [0.05, 0.1) is 18.9 Å². The van der Waals surface area contributed by atoms with Crippen molar-refractivity contribution in [3.63, 3.8) is 0 Å². The minimum atomic E-state index is -1.82. The Hall–Kier alpha value is -3.13. The van der Waals surface area contributed by atoms with E-state index in [1.54, 1.807) is 19.1 Å². The second kappa shape index (κ2) is 11.3. The molecule has 1 saturated carbocycles. The molecule has 2 aliphatic carbocycles. The van der Waals surface area contributed by atoms with Gasteiger partial charge in [-0.1, -0.05) is 25.6 Å². The summed E-state index contributed by atoms with van der Waals surface area (Å²) in [6.45, 7) is 4.82. The van der Waals surface area contributed by atoms with Crippen LogP contribution in [0.5, 0.6) is 5.75 Å². The largest absolute Gasteiger partial charge is 0.508 e. The van der Waals surface area contributed by atoms with Gasteiger partial charge in [0.15, 0.2) is 12.1 Å². The molecule has 0 aromatic heterocycles. The predicted octanol–water partition coefficient (Wildman–Crippen LogP) is -0.314. The van der Waals surface area contributed by atoms with E-state index >= 15 is 0 Å². The number of ketones is 1. The first-order valence-electron chi connectivity index (χ1n) is 13.5. The first-order valence-corrected chi connectivity index (χ1v) is 13.5. The quantitative estimate of drug-likeness (QED) is 0.211. The lowest BCUT2D eigenvalue weighted by Crippen LogP contribution is -2.59. The Morgan fingerprint density at radius 1 is 1.10 bits per heavy atom. The monoisotopic (exact) mass is 574 g/mol. The molecule has 2 saturated heterocycles. The zero-order valence-corrected chi connectivity index (χ0v) is 22.4. The molecule has 12 nitrogen and oxygen atoms in total. The van der Waals surface area contributed by atoms with Gasteiger partial charge in [-0.25, -0.2) is 4.79 Å². The number of aromatic hydroxyl groups is 1. The third-order valence-electron chi connectivity index (χ3n) is 8.70. The van der Waals surface area contributed by atoms with Crippen LogP contribution in [0.4, 0.5) is 0 Å². The summed E-state index contributed by atoms with van der Waals surface area (Å²) in [5.74, 6) is -3.46. The van der Waals surface area contributed by atoms with Crippen LogP contribution in [0.3, 0.4) is 0 Å². The van der Waals surface area contributed by atoms with Crippen molar-refractivity contribution in [3.05, 3.63) is 53.6 Å². The van der Waals surface area contributed by atoms with Gasteiger partial charge in [-0.15, -0.1) is 0 Å². The number of carbonyl (C=O) groups is 3. The van der Waals surface area contributed by atoms with E-state index in [9.17, 15) is 39.9 Å². The van der Waals surface area contributed by atoms with Crippen LogP contribution in [0.25, 0.3) is 0 Å². The summed E-state index contributed by atoms with van der Waals surface area (Å²) in [5.41, 5.74) is -0.617. The highest BCUT2D eigenvalue weighted by Gasteiger charge is 2.62. The Morgan fingerprint density at radius 2 is 1.80 bits per heavy atom. The third kappa shape index (κ3) is 5.31. The van der Waals surface area contributed by atoms with Crippen molar-refractivity contribution in [1.29, 1.82) is 0 Å². The Kier molecular flexibility index (Phi) is 8.07. The highest BCUT2D eigenvalue weighted by Crippen LogP contribution is 2.52. The number of phenolic OH excluding ortho intramolecular Hbond substituents is 1. The topological polar surface area (TPSA) is 189 Å². The summed E-state index contributed by atoms with van der Waals surface area (Å²) < 4.78 is 22.2. The van der Waals surface area contributed by atoms with Crippen molar-refractivity contribution in [2.24, 2.45) is 17.8 Å². The summed E-state index contributed by atoms with van der Waals surface area (Å²) >= 11 is 0. The number of phenols is 1. The minimum absolute atomic E-state index is 0.0462. The normalized spacial score (nSPS) is 38.5. The fraction of sp³-hybridized carbons (Fsp3) is 0.552. The molecule has 41 heavy (non-hydrogen) atoms. The molecule has 222 valence electrons. The number of aliphatic hydroxyl groups excluding tert-OH is 3. The van der Waals surface area contributed by atoms with Gasteiger partial charge in [0.25, 0.3) is 0 Å². The molecule has 10 atom stereocenters. The lowest BCUT2D eigenvalue weighted by atomic mass is 9.74. The fourth-order valence-corrected chi connectivity index (χ4v) is 6.25. The number of carbonyl (C=O) groups excluding carboxylic acids is 3. The van der Waals surface area contributed by atoms with Gasteiger partial charge >= 0.3 is 11.9 Å². The van der Waals surface area contributed by atoms with E-state index in [1.165, 1.54) is 18.2 Å². The maximum Gasteiger partial charge on any atom is 0.334 e. The molecule has 0 radical (unpaired) electrons. The molecule has 0 amide bonds. The molecule has 10 unspecified atom stereocenters. The van der Waals surface area contributed by atoms with Crippen molar-refractivity contribution < 1.29 is 58.9 Å². The number of aliphatic hydroxyl groups is 4. The number of ether oxygens (including phenoxy) is 4. The van der Waals surface area contributed by atoms with Gasteiger partial charge in [-0.3, -0.25) is 9.59 Å². The van der Waals surface area contributed by atoms with Crippen LogP contribution in [0, 0.1) is 17.8 Å². The van der Waals surface area contributed by atoms with E-state index in [-0.39, 0.29) is 30.3 Å². The summed E-state index contributed by atoms with van der Waals surface area (Å²) in [6.07, 6.45) is -6.43. The van der Waals surface area contributed by atoms with Crippen molar-refractivity contribution in [3.8, 4) is 5.75 Å². The van der Waals surface area contributed by atoms with E-state index in [0.29, 0.717) is 24.0 Å². The van der Waals surface area contributed by atoms with Crippen LogP contribution < -0.4 is 0 Å². The molecule has 2 aliphatic heterocycles. The summed E-state index contributed by atoms with van der Waals surface area (Å²) in [6, 6.07) is 5.95. The maximum absolute atomic E-state index is 13.1. The van der Waals surface area contributed by atoms with E-state index in [0.717, 1.165) is 0 Å². The second-order valence-electron chi connectivity index (χ2n) is 11.2. The summed E-state index contributed by atoms with van der Waals surface area (Å²) in [5, 5.41) is 52.3. The highest BCUT2D eigenvalue weighted by atomic mass is 16.7. The van der Waals surface area contributed by atoms with Crippen molar-refractivity contribution >= 4 is 17.7 Å². The summed E-state index contributed by atoms with van der Waals surface area (Å²) in [7, 11) is 0. The molecule has 2 heterocycles. The zero-order valence-electron chi connectivity index (χ0n) is 22.4. The maximum atomic E-state index is 13.1. The van der Waals surface area contributed by atoms with Gasteiger partial charge in [-0.05, 0) is 48.1 Å². The number of rotatable bonds is 7. The van der Waals surface area contributed by atoms with Crippen molar-refractivity contribution in [2.45, 2.75) is 68.6 Å². The second-order valence-corrected chi connectivity index (χ2v) is 11.2. The molecule has 0 bridgehead atoms. The Morgan fingerprint density at radius 3 is 2.51 bits per heavy atom. The zero-order chi connectivity index (χ0) is 29.6. The third-order valence-corrected chi connectivity index (χ3v) is 8.70. The van der Waals surface area contributed by atoms with Crippen LogP contribution in [0.1, 0.15) is 25.3 Å². The fourth-order valence-electron chi connectivity index (χ4n) is 6.25. The average molecular weight is 575 g/mol. The molecule has 1 aromatic carbocycles. The number of benzene rings is 1. The van der Waals surface area contributed by atoms with Gasteiger partial charge in [0, 0.05) is 11.5 Å². The van der Waals surface area contributed by atoms with Crippen molar-refractivity contribution in [2.75, 3.05) is 13.2 Å². The van der Waals surface area contributed by atoms with E-state index < -0.39 is 78.6 Å². The van der Waals surface area contributed by atoms with E-state index in [4.69, 9.17) is 18.9 Å². The lowest BCUT2D eigenvalue weighted by Gasteiger charge is -2.40. The first kappa shape index (κ1) is 29.4. The Labute approximate surface area is 235 Å².